The Morgan fingerprint density at radius 3 is 2.48 bits per heavy atom. The van der Waals surface area contributed by atoms with Gasteiger partial charge in [0.15, 0.2) is 5.96 Å². The molecule has 0 amide bonds. The van der Waals surface area contributed by atoms with Crippen LogP contribution >= 0.6 is 0 Å². The predicted molar refractivity (Wildman–Crippen MR) is 86.2 cm³/mol. The van der Waals surface area contributed by atoms with Crippen molar-refractivity contribution < 1.29 is 9.53 Å². The number of guanidine groups is 1. The molecule has 3 N–H and O–H groups in total. The van der Waals surface area contributed by atoms with Crippen molar-refractivity contribution in [3.8, 4) is 0 Å². The fraction of sp³-hybridized carbons (Fsp3) is 0.875. The number of hydrogen-bond donors (Lipinski definition) is 2. The van der Waals surface area contributed by atoms with E-state index in [1.807, 2.05) is 0 Å². The van der Waals surface area contributed by atoms with Gasteiger partial charge in [-0.3, -0.25) is 9.79 Å². The third-order valence-corrected chi connectivity index (χ3v) is 4.01. The Morgan fingerprint density at radius 1 is 1.14 bits per heavy atom. The van der Waals surface area contributed by atoms with E-state index >= 15 is 0 Å². The molecule has 0 spiro atoms. The molecule has 0 atom stereocenters. The fourth-order valence-electron chi connectivity index (χ4n) is 2.71. The minimum Gasteiger partial charge on any atom is -0.469 e. The van der Waals surface area contributed by atoms with E-state index in [1.165, 1.54) is 45.6 Å². The molecule has 5 nitrogen and oxygen atoms in total. The Morgan fingerprint density at radius 2 is 1.81 bits per heavy atom. The molecule has 0 bridgehead atoms. The van der Waals surface area contributed by atoms with Gasteiger partial charge < -0.3 is 15.8 Å². The molecule has 1 aliphatic rings. The lowest BCUT2D eigenvalue weighted by Crippen LogP contribution is -2.39. The zero-order chi connectivity index (χ0) is 15.3. The van der Waals surface area contributed by atoms with Crippen LogP contribution in [0, 0.1) is 0 Å². The number of nitrogens with one attached hydrogen (secondary N) is 1. The van der Waals surface area contributed by atoms with Crippen LogP contribution in [-0.2, 0) is 9.53 Å². The van der Waals surface area contributed by atoms with E-state index in [2.05, 4.69) is 15.0 Å². The number of carbonyl (C=O) groups excluding carboxylic acids is 1. The molecule has 0 aromatic rings. The van der Waals surface area contributed by atoms with Crippen molar-refractivity contribution in [1.82, 2.24) is 5.32 Å². The first kappa shape index (κ1) is 17.8. The highest BCUT2D eigenvalue weighted by molar-refractivity contribution is 5.78. The fourth-order valence-corrected chi connectivity index (χ4v) is 2.71. The van der Waals surface area contributed by atoms with Gasteiger partial charge in [-0.25, -0.2) is 0 Å². The Labute approximate surface area is 128 Å². The molecule has 0 unspecified atom stereocenters. The van der Waals surface area contributed by atoms with Gasteiger partial charge in [0.1, 0.15) is 0 Å². The standard InChI is InChI=1S/C16H31N3O2/c1-21-15(20)12-8-4-5-9-13-18-16(17)19-14-10-6-2-3-7-11-14/h14H,2-13H2,1H3,(H3,17,18,19). The lowest BCUT2D eigenvalue weighted by atomic mass is 10.1. The van der Waals surface area contributed by atoms with Crippen LogP contribution in [0.3, 0.4) is 0 Å². The molecule has 5 heteroatoms. The van der Waals surface area contributed by atoms with Crippen molar-refractivity contribution in [3.05, 3.63) is 0 Å². The van der Waals surface area contributed by atoms with Crippen molar-refractivity contribution >= 4 is 11.9 Å². The Hall–Kier alpha value is -1.26. The number of aliphatic imine (C=N–C) groups is 1. The first-order chi connectivity index (χ1) is 10.2. The molecule has 21 heavy (non-hydrogen) atoms. The van der Waals surface area contributed by atoms with E-state index < -0.39 is 0 Å². The van der Waals surface area contributed by atoms with Crippen LogP contribution in [0.2, 0.25) is 0 Å². The van der Waals surface area contributed by atoms with Gasteiger partial charge in [0.2, 0.25) is 0 Å². The maximum absolute atomic E-state index is 10.9. The quantitative estimate of drug-likeness (QED) is 0.237. The van der Waals surface area contributed by atoms with Crippen LogP contribution in [0.25, 0.3) is 0 Å². The molecule has 122 valence electrons. The van der Waals surface area contributed by atoms with Crippen LogP contribution in [0.4, 0.5) is 0 Å². The molecule has 0 heterocycles. The summed E-state index contributed by atoms with van der Waals surface area (Å²) in [6, 6.07) is 0.510. The van der Waals surface area contributed by atoms with Crippen LogP contribution in [0.5, 0.6) is 0 Å². The van der Waals surface area contributed by atoms with Crippen LogP contribution in [0.1, 0.15) is 70.6 Å². The topological polar surface area (TPSA) is 76.7 Å². The molecular weight excluding hydrogens is 266 g/mol. The summed E-state index contributed by atoms with van der Waals surface area (Å²) in [6.07, 6.45) is 12.3. The van der Waals surface area contributed by atoms with Crippen LogP contribution in [0.15, 0.2) is 4.99 Å². The summed E-state index contributed by atoms with van der Waals surface area (Å²) in [5.74, 6) is 0.473. The highest BCUT2D eigenvalue weighted by Crippen LogP contribution is 2.16. The summed E-state index contributed by atoms with van der Waals surface area (Å²) in [5.41, 5.74) is 5.93. The molecule has 1 fully saturated rings. The summed E-state index contributed by atoms with van der Waals surface area (Å²) in [6.45, 7) is 0.768. The number of hydrogen-bond acceptors (Lipinski definition) is 3. The Bertz CT molecular complexity index is 311. The molecular formula is C16H31N3O2. The monoisotopic (exact) mass is 297 g/mol. The van der Waals surface area contributed by atoms with E-state index in [9.17, 15) is 4.79 Å². The number of esters is 1. The van der Waals surface area contributed by atoms with Crippen LogP contribution < -0.4 is 11.1 Å². The average molecular weight is 297 g/mol. The van der Waals surface area contributed by atoms with Gasteiger partial charge in [-0.1, -0.05) is 38.5 Å². The molecule has 0 aromatic carbocycles. The van der Waals surface area contributed by atoms with Gasteiger partial charge in [0, 0.05) is 19.0 Å². The lowest BCUT2D eigenvalue weighted by molar-refractivity contribution is -0.140. The number of nitrogens with zero attached hydrogens (tertiary/aromatic N) is 1. The lowest BCUT2D eigenvalue weighted by Gasteiger charge is -2.16. The number of rotatable bonds is 8. The first-order valence-corrected chi connectivity index (χ1v) is 8.35. The number of unbranched alkanes of at least 4 members (excludes halogenated alkanes) is 3. The van der Waals surface area contributed by atoms with Crippen molar-refractivity contribution in [3.63, 3.8) is 0 Å². The minimum absolute atomic E-state index is 0.120. The summed E-state index contributed by atoms with van der Waals surface area (Å²) in [7, 11) is 1.43. The second-order valence-electron chi connectivity index (χ2n) is 5.84. The normalized spacial score (nSPS) is 17.3. The van der Waals surface area contributed by atoms with Gasteiger partial charge in [-0.15, -0.1) is 0 Å². The molecule has 1 saturated carbocycles. The van der Waals surface area contributed by atoms with E-state index in [-0.39, 0.29) is 5.97 Å². The minimum atomic E-state index is -0.120. The first-order valence-electron chi connectivity index (χ1n) is 8.35. The van der Waals surface area contributed by atoms with Gasteiger partial charge in [0.25, 0.3) is 0 Å². The maximum atomic E-state index is 10.9. The zero-order valence-corrected chi connectivity index (χ0v) is 13.4. The summed E-state index contributed by atoms with van der Waals surface area (Å²) in [5, 5.41) is 3.35. The Balaban J connectivity index is 2.02. The second-order valence-corrected chi connectivity index (χ2v) is 5.84. The van der Waals surface area contributed by atoms with Gasteiger partial charge in [-0.05, 0) is 25.7 Å². The van der Waals surface area contributed by atoms with E-state index in [4.69, 9.17) is 5.73 Å². The smallest absolute Gasteiger partial charge is 0.305 e. The average Bonchev–Trinajstić information content (AvgIpc) is 2.74. The summed E-state index contributed by atoms with van der Waals surface area (Å²) < 4.78 is 4.60. The summed E-state index contributed by atoms with van der Waals surface area (Å²) >= 11 is 0. The van der Waals surface area contributed by atoms with E-state index in [0.717, 1.165) is 32.2 Å². The van der Waals surface area contributed by atoms with Gasteiger partial charge >= 0.3 is 5.97 Å². The number of nitrogens with two attached hydrogens (primary N) is 1. The van der Waals surface area contributed by atoms with Crippen LogP contribution in [-0.4, -0.2) is 31.6 Å². The van der Waals surface area contributed by atoms with Crippen molar-refractivity contribution in [1.29, 1.82) is 0 Å². The third kappa shape index (κ3) is 9.32. The Kier molecular flexibility index (Phi) is 9.66. The molecule has 1 aliphatic carbocycles. The molecule has 0 aliphatic heterocycles. The molecule has 0 saturated heterocycles. The van der Waals surface area contributed by atoms with Crippen molar-refractivity contribution in [2.24, 2.45) is 10.7 Å². The van der Waals surface area contributed by atoms with E-state index in [1.54, 1.807) is 0 Å². The highest BCUT2D eigenvalue weighted by Gasteiger charge is 2.11. The third-order valence-electron chi connectivity index (χ3n) is 4.01. The van der Waals surface area contributed by atoms with Crippen molar-refractivity contribution in [2.75, 3.05) is 13.7 Å². The summed E-state index contributed by atoms with van der Waals surface area (Å²) in [4.78, 5) is 15.3. The predicted octanol–water partition coefficient (Wildman–Crippen LogP) is 2.74. The zero-order valence-electron chi connectivity index (χ0n) is 13.4. The molecule has 0 aromatic heterocycles. The largest absolute Gasteiger partial charge is 0.469 e. The second kappa shape index (κ2) is 11.4. The molecule has 0 radical (unpaired) electrons. The number of methoxy groups -OCH3 is 1. The molecule has 1 rings (SSSR count). The van der Waals surface area contributed by atoms with E-state index in [0.29, 0.717) is 18.4 Å². The highest BCUT2D eigenvalue weighted by atomic mass is 16.5. The maximum Gasteiger partial charge on any atom is 0.305 e. The number of ether oxygens (including phenoxy) is 1. The van der Waals surface area contributed by atoms with Crippen molar-refractivity contribution in [2.45, 2.75) is 76.7 Å². The van der Waals surface area contributed by atoms with Gasteiger partial charge in [-0.2, -0.15) is 0 Å². The van der Waals surface area contributed by atoms with Gasteiger partial charge in [0.05, 0.1) is 7.11 Å². The number of carbonyl (C=O) groups is 1. The SMILES string of the molecule is COC(=O)CCCCCCN=C(N)NC1CCCCCC1.